The summed E-state index contributed by atoms with van der Waals surface area (Å²) >= 11 is 0. The molecule has 3 heteroatoms. The third-order valence-electron chi connectivity index (χ3n) is 4.47. The van der Waals surface area contributed by atoms with Crippen molar-refractivity contribution in [1.82, 2.24) is 15.1 Å². The molecule has 0 spiro atoms. The molecular weight excluding hydrogens is 222 g/mol. The fraction of sp³-hybridized carbons (Fsp3) is 1.00. The van der Waals surface area contributed by atoms with Gasteiger partial charge in [-0.1, -0.05) is 0 Å². The van der Waals surface area contributed by atoms with E-state index in [9.17, 15) is 0 Å². The SMILES string of the molecule is CC(CCNC1CC1)N1CCC(CN(C)C)CC1. The maximum atomic E-state index is 3.63. The van der Waals surface area contributed by atoms with Gasteiger partial charge in [0.15, 0.2) is 0 Å². The highest BCUT2D eigenvalue weighted by molar-refractivity contribution is 4.82. The Morgan fingerprint density at radius 1 is 1.17 bits per heavy atom. The molecule has 3 nitrogen and oxygen atoms in total. The predicted octanol–water partition coefficient (Wildman–Crippen LogP) is 1.79. The lowest BCUT2D eigenvalue weighted by Crippen LogP contribution is -2.42. The molecule has 0 aromatic carbocycles. The number of nitrogens with one attached hydrogen (secondary N) is 1. The van der Waals surface area contributed by atoms with E-state index in [0.717, 1.165) is 18.0 Å². The van der Waals surface area contributed by atoms with E-state index in [-0.39, 0.29) is 0 Å². The van der Waals surface area contributed by atoms with E-state index in [2.05, 4.69) is 36.1 Å². The summed E-state index contributed by atoms with van der Waals surface area (Å²) in [5, 5.41) is 3.63. The van der Waals surface area contributed by atoms with Crippen LogP contribution in [-0.4, -0.2) is 62.2 Å². The lowest BCUT2D eigenvalue weighted by atomic mass is 9.95. The minimum absolute atomic E-state index is 0.761. The molecule has 0 aromatic rings. The van der Waals surface area contributed by atoms with Crippen LogP contribution in [0.3, 0.4) is 0 Å². The van der Waals surface area contributed by atoms with Gasteiger partial charge in [0.25, 0.3) is 0 Å². The van der Waals surface area contributed by atoms with Crippen LogP contribution in [0.1, 0.15) is 39.0 Å². The van der Waals surface area contributed by atoms with Gasteiger partial charge in [0, 0.05) is 18.6 Å². The summed E-state index contributed by atoms with van der Waals surface area (Å²) in [4.78, 5) is 5.03. The topological polar surface area (TPSA) is 18.5 Å². The lowest BCUT2D eigenvalue weighted by molar-refractivity contribution is 0.122. The predicted molar refractivity (Wildman–Crippen MR) is 78.0 cm³/mol. The molecule has 0 radical (unpaired) electrons. The third kappa shape index (κ3) is 4.87. The van der Waals surface area contributed by atoms with Crippen LogP contribution >= 0.6 is 0 Å². The molecule has 2 rings (SSSR count). The zero-order valence-corrected chi connectivity index (χ0v) is 12.5. The van der Waals surface area contributed by atoms with E-state index >= 15 is 0 Å². The molecule has 106 valence electrons. The molecule has 1 saturated heterocycles. The standard InChI is InChI=1S/C15H31N3/c1-13(6-9-16-15-4-5-15)18-10-7-14(8-11-18)12-17(2)3/h13-16H,4-12H2,1-3H3. The van der Waals surface area contributed by atoms with E-state index in [0.29, 0.717) is 0 Å². The van der Waals surface area contributed by atoms with Crippen molar-refractivity contribution in [3.05, 3.63) is 0 Å². The van der Waals surface area contributed by atoms with Crippen molar-refractivity contribution in [2.24, 2.45) is 5.92 Å². The number of hydrogen-bond acceptors (Lipinski definition) is 3. The van der Waals surface area contributed by atoms with E-state index in [1.54, 1.807) is 0 Å². The average molecular weight is 253 g/mol. The number of hydrogen-bond donors (Lipinski definition) is 1. The minimum Gasteiger partial charge on any atom is -0.314 e. The van der Waals surface area contributed by atoms with Crippen molar-refractivity contribution < 1.29 is 0 Å². The van der Waals surface area contributed by atoms with Crippen molar-refractivity contribution in [2.45, 2.75) is 51.1 Å². The third-order valence-corrected chi connectivity index (χ3v) is 4.47. The summed E-state index contributed by atoms with van der Waals surface area (Å²) in [6, 6.07) is 1.62. The Labute approximate surface area is 113 Å². The first-order chi connectivity index (χ1) is 8.65. The highest BCUT2D eigenvalue weighted by Gasteiger charge is 2.24. The normalized spacial score (nSPS) is 24.7. The maximum Gasteiger partial charge on any atom is 0.00790 e. The molecule has 2 fully saturated rings. The molecule has 1 N–H and O–H groups in total. The smallest absolute Gasteiger partial charge is 0.00790 e. The van der Waals surface area contributed by atoms with Gasteiger partial charge < -0.3 is 15.1 Å². The monoisotopic (exact) mass is 253 g/mol. The zero-order valence-electron chi connectivity index (χ0n) is 12.5. The fourth-order valence-corrected chi connectivity index (χ4v) is 3.06. The van der Waals surface area contributed by atoms with Crippen LogP contribution in [-0.2, 0) is 0 Å². The average Bonchev–Trinajstić information content (AvgIpc) is 3.13. The molecule has 1 saturated carbocycles. The van der Waals surface area contributed by atoms with Gasteiger partial charge in [-0.05, 0) is 78.7 Å². The molecule has 1 aliphatic carbocycles. The van der Waals surface area contributed by atoms with E-state index in [1.807, 2.05) is 0 Å². The Kier molecular flexibility index (Phi) is 5.46. The number of piperidine rings is 1. The highest BCUT2D eigenvalue weighted by Crippen LogP contribution is 2.21. The van der Waals surface area contributed by atoms with Crippen molar-refractivity contribution in [3.8, 4) is 0 Å². The Balaban J connectivity index is 1.58. The van der Waals surface area contributed by atoms with Gasteiger partial charge in [-0.2, -0.15) is 0 Å². The molecule has 1 heterocycles. The van der Waals surface area contributed by atoms with Crippen molar-refractivity contribution in [1.29, 1.82) is 0 Å². The Morgan fingerprint density at radius 3 is 2.39 bits per heavy atom. The first-order valence-corrected chi connectivity index (χ1v) is 7.77. The van der Waals surface area contributed by atoms with Crippen molar-refractivity contribution in [3.63, 3.8) is 0 Å². The summed E-state index contributed by atoms with van der Waals surface area (Å²) in [6.07, 6.45) is 6.90. The molecule has 1 unspecified atom stereocenters. The van der Waals surface area contributed by atoms with Crippen molar-refractivity contribution >= 4 is 0 Å². The molecule has 1 aliphatic heterocycles. The van der Waals surface area contributed by atoms with Gasteiger partial charge in [0.05, 0.1) is 0 Å². The zero-order chi connectivity index (χ0) is 13.0. The number of rotatable bonds is 7. The Bertz CT molecular complexity index is 230. The molecular formula is C15H31N3. The van der Waals surface area contributed by atoms with Crippen LogP contribution in [0.5, 0.6) is 0 Å². The van der Waals surface area contributed by atoms with Gasteiger partial charge in [-0.3, -0.25) is 0 Å². The first-order valence-electron chi connectivity index (χ1n) is 7.77. The molecule has 2 aliphatic rings. The van der Waals surface area contributed by atoms with E-state index in [4.69, 9.17) is 0 Å². The molecule has 1 atom stereocenters. The van der Waals surface area contributed by atoms with Crippen LogP contribution in [0.25, 0.3) is 0 Å². The van der Waals surface area contributed by atoms with Crippen LogP contribution in [0.4, 0.5) is 0 Å². The second-order valence-electron chi connectivity index (χ2n) is 6.61. The van der Waals surface area contributed by atoms with Gasteiger partial charge in [-0.25, -0.2) is 0 Å². The summed E-state index contributed by atoms with van der Waals surface area (Å²) in [6.45, 7) is 7.50. The van der Waals surface area contributed by atoms with Crippen LogP contribution in [0, 0.1) is 5.92 Å². The summed E-state index contributed by atoms with van der Waals surface area (Å²) in [7, 11) is 4.39. The Morgan fingerprint density at radius 2 is 1.83 bits per heavy atom. The van der Waals surface area contributed by atoms with E-state index in [1.165, 1.54) is 58.3 Å². The molecule has 0 aromatic heterocycles. The lowest BCUT2D eigenvalue weighted by Gasteiger charge is -2.37. The summed E-state index contributed by atoms with van der Waals surface area (Å²) < 4.78 is 0. The van der Waals surface area contributed by atoms with Gasteiger partial charge in [-0.15, -0.1) is 0 Å². The van der Waals surface area contributed by atoms with E-state index < -0.39 is 0 Å². The second-order valence-corrected chi connectivity index (χ2v) is 6.61. The second kappa shape index (κ2) is 6.88. The van der Waals surface area contributed by atoms with Crippen LogP contribution < -0.4 is 5.32 Å². The minimum atomic E-state index is 0.761. The number of nitrogens with zero attached hydrogens (tertiary/aromatic N) is 2. The number of likely N-dealkylation sites (tertiary alicyclic amines) is 1. The quantitative estimate of drug-likeness (QED) is 0.746. The summed E-state index contributed by atoms with van der Waals surface area (Å²) in [5.74, 6) is 0.924. The first kappa shape index (κ1) is 14.3. The van der Waals surface area contributed by atoms with Crippen molar-refractivity contribution in [2.75, 3.05) is 40.3 Å². The van der Waals surface area contributed by atoms with Gasteiger partial charge >= 0.3 is 0 Å². The molecule has 18 heavy (non-hydrogen) atoms. The molecule has 0 bridgehead atoms. The molecule has 0 amide bonds. The van der Waals surface area contributed by atoms with Gasteiger partial charge in [0.1, 0.15) is 0 Å². The fourth-order valence-electron chi connectivity index (χ4n) is 3.06. The van der Waals surface area contributed by atoms with Crippen LogP contribution in [0.15, 0.2) is 0 Å². The largest absolute Gasteiger partial charge is 0.314 e. The summed E-state index contributed by atoms with van der Waals surface area (Å²) in [5.41, 5.74) is 0. The van der Waals surface area contributed by atoms with Gasteiger partial charge in [0.2, 0.25) is 0 Å². The maximum absolute atomic E-state index is 3.63. The Hall–Kier alpha value is -0.120. The highest BCUT2D eigenvalue weighted by atomic mass is 15.2. The van der Waals surface area contributed by atoms with Crippen LogP contribution in [0.2, 0.25) is 0 Å².